The van der Waals surface area contributed by atoms with Gasteiger partial charge in [-0.1, -0.05) is 59.5 Å². The number of thioether (sulfide) groups is 1. The molecule has 0 aliphatic carbocycles. The van der Waals surface area contributed by atoms with Crippen LogP contribution in [0.15, 0.2) is 89.3 Å². The second-order valence-corrected chi connectivity index (χ2v) is 9.00. The number of rotatable bonds is 7. The van der Waals surface area contributed by atoms with Crippen molar-refractivity contribution in [1.29, 1.82) is 0 Å². The molecule has 4 rings (SSSR count). The molecule has 0 aliphatic rings. The molecule has 0 unspecified atom stereocenters. The lowest BCUT2D eigenvalue weighted by Crippen LogP contribution is -2.13. The van der Waals surface area contributed by atoms with Crippen LogP contribution >= 0.6 is 35.3 Å². The summed E-state index contributed by atoms with van der Waals surface area (Å²) >= 11 is 8.15. The average Bonchev–Trinajstić information content (AvgIpc) is 3.16. The Hall–Kier alpha value is -2.94. The van der Waals surface area contributed by atoms with Crippen LogP contribution in [0.4, 0.5) is 5.69 Å². The van der Waals surface area contributed by atoms with E-state index in [1.807, 2.05) is 84.9 Å². The van der Waals surface area contributed by atoms with Gasteiger partial charge in [-0.15, -0.1) is 5.10 Å². The fourth-order valence-electron chi connectivity index (χ4n) is 2.61. The Bertz CT molecular complexity index is 1170. The van der Waals surface area contributed by atoms with E-state index in [2.05, 4.69) is 10.4 Å². The van der Waals surface area contributed by atoms with Crippen LogP contribution in [-0.2, 0) is 4.79 Å². The quantitative estimate of drug-likeness (QED) is 0.268. The molecule has 0 spiro atoms. The van der Waals surface area contributed by atoms with Gasteiger partial charge in [0.05, 0.1) is 11.4 Å². The number of aromatic nitrogens is 2. The van der Waals surface area contributed by atoms with Gasteiger partial charge in [0.15, 0.2) is 8.29 Å². The van der Waals surface area contributed by atoms with Crippen molar-refractivity contribution in [1.82, 2.24) is 9.78 Å². The number of ether oxygens (including phenoxy) is 1. The standard InChI is InChI=1S/C22H17N3O2S3/c26-20(15-29-21-24-25(22(28)30-21)17-7-3-1-4-8-17)23-16-11-13-19(14-12-16)27-18-9-5-2-6-10-18/h1-14H,15H2,(H,23,26). The molecule has 0 bridgehead atoms. The maximum Gasteiger partial charge on any atom is 0.234 e. The molecule has 1 amide bonds. The summed E-state index contributed by atoms with van der Waals surface area (Å²) in [5, 5.41) is 7.39. The lowest BCUT2D eigenvalue weighted by molar-refractivity contribution is -0.113. The van der Waals surface area contributed by atoms with Gasteiger partial charge in [-0.3, -0.25) is 4.79 Å². The predicted molar refractivity (Wildman–Crippen MR) is 125 cm³/mol. The summed E-state index contributed by atoms with van der Waals surface area (Å²) in [6.45, 7) is 0. The zero-order chi connectivity index (χ0) is 20.8. The molecule has 4 aromatic rings. The molecule has 5 nitrogen and oxygen atoms in total. The maximum atomic E-state index is 12.3. The molecule has 0 atom stereocenters. The van der Waals surface area contributed by atoms with Crippen molar-refractivity contribution in [2.24, 2.45) is 0 Å². The van der Waals surface area contributed by atoms with E-state index in [0.717, 1.165) is 15.8 Å². The van der Waals surface area contributed by atoms with E-state index in [9.17, 15) is 4.79 Å². The number of para-hydroxylation sites is 2. The van der Waals surface area contributed by atoms with Crippen LogP contribution < -0.4 is 10.1 Å². The van der Waals surface area contributed by atoms with E-state index < -0.39 is 0 Å². The first-order valence-electron chi connectivity index (χ1n) is 9.08. The summed E-state index contributed by atoms with van der Waals surface area (Å²) in [6.07, 6.45) is 0. The summed E-state index contributed by atoms with van der Waals surface area (Å²) in [6, 6.07) is 26.5. The van der Waals surface area contributed by atoms with Crippen LogP contribution in [-0.4, -0.2) is 21.4 Å². The predicted octanol–water partition coefficient (Wildman–Crippen LogP) is 6.19. The molecular formula is C22H17N3O2S3. The number of amides is 1. The van der Waals surface area contributed by atoms with Gasteiger partial charge in [0, 0.05) is 5.69 Å². The number of benzene rings is 3. The third-order valence-electron chi connectivity index (χ3n) is 3.97. The molecule has 1 N–H and O–H groups in total. The van der Waals surface area contributed by atoms with Crippen molar-refractivity contribution in [2.45, 2.75) is 4.34 Å². The number of hydrogen-bond donors (Lipinski definition) is 1. The van der Waals surface area contributed by atoms with Gasteiger partial charge in [-0.2, -0.15) is 0 Å². The first kappa shape index (κ1) is 20.3. The number of anilines is 1. The molecule has 30 heavy (non-hydrogen) atoms. The summed E-state index contributed by atoms with van der Waals surface area (Å²) in [7, 11) is 0. The highest BCUT2D eigenvalue weighted by Gasteiger charge is 2.09. The van der Waals surface area contributed by atoms with Crippen LogP contribution in [0.1, 0.15) is 0 Å². The Morgan fingerprint density at radius 3 is 2.30 bits per heavy atom. The Morgan fingerprint density at radius 2 is 1.60 bits per heavy atom. The molecule has 0 radical (unpaired) electrons. The number of nitrogens with one attached hydrogen (secondary N) is 1. The van der Waals surface area contributed by atoms with Gasteiger partial charge < -0.3 is 10.1 Å². The lowest BCUT2D eigenvalue weighted by atomic mass is 10.3. The van der Waals surface area contributed by atoms with Gasteiger partial charge in [0.2, 0.25) is 5.91 Å². The zero-order valence-corrected chi connectivity index (χ0v) is 18.2. The van der Waals surface area contributed by atoms with Gasteiger partial charge >= 0.3 is 0 Å². The molecule has 1 aromatic heterocycles. The van der Waals surface area contributed by atoms with Gasteiger partial charge in [-0.05, 0) is 60.7 Å². The van der Waals surface area contributed by atoms with Crippen LogP contribution in [0.2, 0.25) is 0 Å². The molecule has 0 saturated carbocycles. The first-order valence-corrected chi connectivity index (χ1v) is 11.3. The summed E-state index contributed by atoms with van der Waals surface area (Å²) in [5.41, 5.74) is 1.62. The molecular weight excluding hydrogens is 434 g/mol. The van der Waals surface area contributed by atoms with Crippen molar-refractivity contribution in [3.63, 3.8) is 0 Å². The fraction of sp³-hybridized carbons (Fsp3) is 0.0455. The van der Waals surface area contributed by atoms with Crippen molar-refractivity contribution in [2.75, 3.05) is 11.1 Å². The van der Waals surface area contributed by atoms with E-state index >= 15 is 0 Å². The Morgan fingerprint density at radius 1 is 0.967 bits per heavy atom. The van der Waals surface area contributed by atoms with Crippen molar-refractivity contribution in [3.05, 3.63) is 88.9 Å². The minimum Gasteiger partial charge on any atom is -0.457 e. The Labute approximate surface area is 187 Å². The van der Waals surface area contributed by atoms with E-state index in [1.165, 1.54) is 23.1 Å². The van der Waals surface area contributed by atoms with Crippen molar-refractivity contribution in [3.8, 4) is 17.2 Å². The van der Waals surface area contributed by atoms with E-state index in [-0.39, 0.29) is 11.7 Å². The summed E-state index contributed by atoms with van der Waals surface area (Å²) in [4.78, 5) is 12.3. The monoisotopic (exact) mass is 451 g/mol. The van der Waals surface area contributed by atoms with Crippen molar-refractivity contribution >= 4 is 46.9 Å². The van der Waals surface area contributed by atoms with Gasteiger partial charge in [0.1, 0.15) is 11.5 Å². The largest absolute Gasteiger partial charge is 0.457 e. The fourth-order valence-corrected chi connectivity index (χ4v) is 4.77. The maximum absolute atomic E-state index is 12.3. The smallest absolute Gasteiger partial charge is 0.234 e. The highest BCUT2D eigenvalue weighted by atomic mass is 32.2. The number of carbonyl (C=O) groups is 1. The molecule has 3 aromatic carbocycles. The lowest BCUT2D eigenvalue weighted by Gasteiger charge is -2.07. The van der Waals surface area contributed by atoms with Crippen LogP contribution in [0, 0.1) is 3.95 Å². The molecule has 0 aliphatic heterocycles. The third-order valence-corrected chi connectivity index (χ3v) is 6.34. The minimum absolute atomic E-state index is 0.107. The SMILES string of the molecule is O=C(CSc1nn(-c2ccccc2)c(=S)s1)Nc1ccc(Oc2ccccc2)cc1. The van der Waals surface area contributed by atoms with Crippen molar-refractivity contribution < 1.29 is 9.53 Å². The number of nitrogens with zero attached hydrogens (tertiary/aromatic N) is 2. The molecule has 1 heterocycles. The normalized spacial score (nSPS) is 10.5. The minimum atomic E-state index is -0.107. The van der Waals surface area contributed by atoms with Gasteiger partial charge in [0.25, 0.3) is 0 Å². The Balaban J connectivity index is 1.31. The summed E-state index contributed by atoms with van der Waals surface area (Å²) < 4.78 is 8.88. The van der Waals surface area contributed by atoms with Crippen LogP contribution in [0.3, 0.4) is 0 Å². The number of hydrogen-bond acceptors (Lipinski definition) is 6. The molecule has 0 fully saturated rings. The zero-order valence-electron chi connectivity index (χ0n) is 15.7. The molecule has 0 saturated heterocycles. The van der Waals surface area contributed by atoms with Crippen LogP contribution in [0.25, 0.3) is 5.69 Å². The van der Waals surface area contributed by atoms with E-state index in [4.69, 9.17) is 17.0 Å². The second kappa shape index (κ2) is 9.71. The van der Waals surface area contributed by atoms with E-state index in [0.29, 0.717) is 15.4 Å². The van der Waals surface area contributed by atoms with E-state index in [1.54, 1.807) is 4.68 Å². The van der Waals surface area contributed by atoms with Gasteiger partial charge in [-0.25, -0.2) is 4.68 Å². The molecule has 8 heteroatoms. The highest BCUT2D eigenvalue weighted by molar-refractivity contribution is 8.01. The average molecular weight is 452 g/mol. The summed E-state index contributed by atoms with van der Waals surface area (Å²) in [5.74, 6) is 1.62. The topological polar surface area (TPSA) is 56.2 Å². The highest BCUT2D eigenvalue weighted by Crippen LogP contribution is 2.25. The Kier molecular flexibility index (Phi) is 6.58. The first-order chi connectivity index (χ1) is 14.7. The second-order valence-electron chi connectivity index (χ2n) is 6.16. The van der Waals surface area contributed by atoms with Crippen LogP contribution in [0.5, 0.6) is 11.5 Å². The molecule has 150 valence electrons. The number of carbonyl (C=O) groups excluding carboxylic acids is 1. The third kappa shape index (κ3) is 5.35.